The highest BCUT2D eigenvalue weighted by Gasteiger charge is 2.15. The molecule has 0 aromatic carbocycles. The first-order valence-electron chi connectivity index (χ1n) is 6.36. The lowest BCUT2D eigenvalue weighted by atomic mass is 9.87. The molecule has 0 saturated heterocycles. The van der Waals surface area contributed by atoms with Gasteiger partial charge in [0.25, 0.3) is 0 Å². The van der Waals surface area contributed by atoms with Crippen molar-refractivity contribution >= 4 is 5.96 Å². The predicted octanol–water partition coefficient (Wildman–Crippen LogP) is 1.85. The molecule has 0 spiro atoms. The standard InChI is InChI=1S/C12H23N3/c1-15-10-9-14-12(15)13-8-7-11-5-3-2-4-6-11/h11H,2-10H2,1H3,(H,13,14). The van der Waals surface area contributed by atoms with Gasteiger partial charge in [0.1, 0.15) is 0 Å². The zero-order valence-corrected chi connectivity index (χ0v) is 9.84. The fourth-order valence-corrected chi connectivity index (χ4v) is 2.59. The molecule has 1 aliphatic carbocycles. The molecule has 0 aromatic heterocycles. The molecule has 0 amide bonds. The van der Waals surface area contributed by atoms with E-state index >= 15 is 0 Å². The maximum absolute atomic E-state index is 4.43. The Morgan fingerprint density at radius 2 is 2.13 bits per heavy atom. The predicted molar refractivity (Wildman–Crippen MR) is 64.1 cm³/mol. The highest BCUT2D eigenvalue weighted by molar-refractivity contribution is 5.81. The Labute approximate surface area is 92.9 Å². The van der Waals surface area contributed by atoms with Gasteiger partial charge in [0.15, 0.2) is 5.96 Å². The lowest BCUT2D eigenvalue weighted by molar-refractivity contribution is 0.338. The Morgan fingerprint density at radius 3 is 2.80 bits per heavy atom. The van der Waals surface area contributed by atoms with Gasteiger partial charge in [-0.15, -0.1) is 0 Å². The number of likely N-dealkylation sites (N-methyl/N-ethyl adjacent to an activating group) is 1. The minimum atomic E-state index is 0.961. The van der Waals surface area contributed by atoms with Crippen LogP contribution in [0.5, 0.6) is 0 Å². The van der Waals surface area contributed by atoms with Gasteiger partial charge < -0.3 is 10.2 Å². The van der Waals surface area contributed by atoms with Crippen molar-refractivity contribution < 1.29 is 0 Å². The van der Waals surface area contributed by atoms with Crippen LogP contribution in [0.25, 0.3) is 0 Å². The molecule has 2 rings (SSSR count). The second kappa shape index (κ2) is 5.38. The number of nitrogens with one attached hydrogen (secondary N) is 1. The van der Waals surface area contributed by atoms with E-state index < -0.39 is 0 Å². The summed E-state index contributed by atoms with van der Waals surface area (Å²) in [6.45, 7) is 3.14. The van der Waals surface area contributed by atoms with Gasteiger partial charge in [0.2, 0.25) is 0 Å². The molecule has 0 atom stereocenters. The van der Waals surface area contributed by atoms with Crippen LogP contribution >= 0.6 is 0 Å². The number of guanidine groups is 1. The third-order valence-electron chi connectivity index (χ3n) is 3.62. The Kier molecular flexibility index (Phi) is 3.87. The van der Waals surface area contributed by atoms with Crippen LogP contribution in [0.4, 0.5) is 0 Å². The monoisotopic (exact) mass is 209 g/mol. The topological polar surface area (TPSA) is 27.6 Å². The molecular weight excluding hydrogens is 186 g/mol. The van der Waals surface area contributed by atoms with Gasteiger partial charge in [-0.2, -0.15) is 0 Å². The quantitative estimate of drug-likeness (QED) is 0.768. The van der Waals surface area contributed by atoms with E-state index in [4.69, 9.17) is 0 Å². The SMILES string of the molecule is CN1CCN=C1NCCC1CCCCC1. The number of hydrogen-bond donors (Lipinski definition) is 1. The Hall–Kier alpha value is -0.730. The molecule has 0 bridgehead atoms. The second-order valence-electron chi connectivity index (χ2n) is 4.85. The van der Waals surface area contributed by atoms with E-state index in [1.54, 1.807) is 0 Å². The highest BCUT2D eigenvalue weighted by atomic mass is 15.3. The lowest BCUT2D eigenvalue weighted by Gasteiger charge is -2.22. The number of nitrogens with zero attached hydrogens (tertiary/aromatic N) is 2. The summed E-state index contributed by atoms with van der Waals surface area (Å²) in [5.41, 5.74) is 0. The summed E-state index contributed by atoms with van der Waals surface area (Å²) in [5.74, 6) is 2.07. The molecule has 0 radical (unpaired) electrons. The average molecular weight is 209 g/mol. The fraction of sp³-hybridized carbons (Fsp3) is 0.917. The van der Waals surface area contributed by atoms with Crippen molar-refractivity contribution in [3.63, 3.8) is 0 Å². The first-order chi connectivity index (χ1) is 7.36. The first kappa shape index (κ1) is 10.8. The van der Waals surface area contributed by atoms with Gasteiger partial charge in [-0.1, -0.05) is 32.1 Å². The van der Waals surface area contributed by atoms with E-state index in [0.717, 1.165) is 31.5 Å². The normalized spacial score (nSPS) is 23.0. The Morgan fingerprint density at radius 1 is 1.33 bits per heavy atom. The van der Waals surface area contributed by atoms with E-state index in [9.17, 15) is 0 Å². The smallest absolute Gasteiger partial charge is 0.193 e. The second-order valence-corrected chi connectivity index (χ2v) is 4.85. The summed E-state index contributed by atoms with van der Waals surface area (Å²) < 4.78 is 0. The molecule has 15 heavy (non-hydrogen) atoms. The molecule has 86 valence electrons. The summed E-state index contributed by atoms with van der Waals surface area (Å²) >= 11 is 0. The van der Waals surface area contributed by atoms with Gasteiger partial charge in [-0.3, -0.25) is 4.99 Å². The zero-order valence-electron chi connectivity index (χ0n) is 9.84. The van der Waals surface area contributed by atoms with Crippen molar-refractivity contribution in [1.82, 2.24) is 10.2 Å². The third kappa shape index (κ3) is 3.11. The molecular formula is C12H23N3. The number of hydrogen-bond acceptors (Lipinski definition) is 3. The molecule has 0 aromatic rings. The molecule has 0 unspecified atom stereocenters. The lowest BCUT2D eigenvalue weighted by Crippen LogP contribution is -2.36. The van der Waals surface area contributed by atoms with Crippen LogP contribution in [-0.2, 0) is 0 Å². The first-order valence-corrected chi connectivity index (χ1v) is 6.36. The van der Waals surface area contributed by atoms with Crippen molar-refractivity contribution in [3.8, 4) is 0 Å². The largest absolute Gasteiger partial charge is 0.356 e. The molecule has 2 aliphatic rings. The third-order valence-corrected chi connectivity index (χ3v) is 3.62. The van der Waals surface area contributed by atoms with Crippen LogP contribution in [0.2, 0.25) is 0 Å². The van der Waals surface area contributed by atoms with Gasteiger partial charge in [-0.05, 0) is 12.3 Å². The van der Waals surface area contributed by atoms with Gasteiger partial charge >= 0.3 is 0 Å². The van der Waals surface area contributed by atoms with E-state index in [-0.39, 0.29) is 0 Å². The van der Waals surface area contributed by atoms with Gasteiger partial charge in [0, 0.05) is 20.1 Å². The van der Waals surface area contributed by atoms with Crippen LogP contribution in [0.15, 0.2) is 4.99 Å². The zero-order chi connectivity index (χ0) is 10.5. The molecule has 1 fully saturated rings. The minimum Gasteiger partial charge on any atom is -0.356 e. The van der Waals surface area contributed by atoms with Gasteiger partial charge in [0.05, 0.1) is 6.54 Å². The molecule has 1 N–H and O–H groups in total. The Balaban J connectivity index is 1.61. The maximum atomic E-state index is 4.43. The van der Waals surface area contributed by atoms with Crippen molar-refractivity contribution in [2.75, 3.05) is 26.7 Å². The minimum absolute atomic E-state index is 0.961. The van der Waals surface area contributed by atoms with Crippen molar-refractivity contribution in [1.29, 1.82) is 0 Å². The van der Waals surface area contributed by atoms with Crippen LogP contribution < -0.4 is 5.32 Å². The molecule has 1 aliphatic heterocycles. The highest BCUT2D eigenvalue weighted by Crippen LogP contribution is 2.25. The van der Waals surface area contributed by atoms with Crippen molar-refractivity contribution in [2.24, 2.45) is 10.9 Å². The number of rotatable bonds is 3. The molecule has 1 heterocycles. The summed E-state index contributed by atoms with van der Waals surface area (Å²) in [5, 5.41) is 3.45. The molecule has 3 nitrogen and oxygen atoms in total. The maximum Gasteiger partial charge on any atom is 0.193 e. The van der Waals surface area contributed by atoms with E-state index in [0.29, 0.717) is 0 Å². The summed E-state index contributed by atoms with van der Waals surface area (Å²) in [7, 11) is 2.11. The molecule has 3 heteroatoms. The van der Waals surface area contributed by atoms with Crippen LogP contribution in [0, 0.1) is 5.92 Å². The van der Waals surface area contributed by atoms with Crippen molar-refractivity contribution in [2.45, 2.75) is 38.5 Å². The van der Waals surface area contributed by atoms with E-state index in [2.05, 4.69) is 22.3 Å². The van der Waals surface area contributed by atoms with E-state index in [1.165, 1.54) is 38.5 Å². The summed E-state index contributed by atoms with van der Waals surface area (Å²) in [4.78, 5) is 6.64. The fourth-order valence-electron chi connectivity index (χ4n) is 2.59. The number of aliphatic imine (C=N–C) groups is 1. The Bertz CT molecular complexity index is 219. The average Bonchev–Trinajstić information content (AvgIpc) is 2.66. The van der Waals surface area contributed by atoms with Crippen LogP contribution in [0.1, 0.15) is 38.5 Å². The van der Waals surface area contributed by atoms with Crippen LogP contribution in [0.3, 0.4) is 0 Å². The molecule has 1 saturated carbocycles. The van der Waals surface area contributed by atoms with E-state index in [1.807, 2.05) is 0 Å². The summed E-state index contributed by atoms with van der Waals surface area (Å²) in [6.07, 6.45) is 8.58. The van der Waals surface area contributed by atoms with Crippen LogP contribution in [-0.4, -0.2) is 37.5 Å². The van der Waals surface area contributed by atoms with Gasteiger partial charge in [-0.25, -0.2) is 0 Å². The van der Waals surface area contributed by atoms with Crippen molar-refractivity contribution in [3.05, 3.63) is 0 Å². The summed E-state index contributed by atoms with van der Waals surface area (Å²) in [6, 6.07) is 0.